The summed E-state index contributed by atoms with van der Waals surface area (Å²) in [6.45, 7) is 6.33. The first-order valence-electron chi connectivity index (χ1n) is 14.2. The lowest BCUT2D eigenvalue weighted by Crippen LogP contribution is -2.51. The van der Waals surface area contributed by atoms with Gasteiger partial charge in [-0.3, -0.25) is 9.36 Å². The summed E-state index contributed by atoms with van der Waals surface area (Å²) in [7, 11) is 0. The lowest BCUT2D eigenvalue weighted by atomic mass is 10.0. The van der Waals surface area contributed by atoms with E-state index in [1.54, 1.807) is 11.8 Å². The van der Waals surface area contributed by atoms with Gasteiger partial charge in [-0.1, -0.05) is 90.6 Å². The van der Waals surface area contributed by atoms with Gasteiger partial charge >= 0.3 is 0 Å². The highest BCUT2D eigenvalue weighted by Crippen LogP contribution is 2.33. The van der Waals surface area contributed by atoms with E-state index >= 15 is 0 Å². The van der Waals surface area contributed by atoms with Gasteiger partial charge in [0.25, 0.3) is 0 Å². The second-order valence-corrected chi connectivity index (χ2v) is 11.9. The molecule has 214 valence electrons. The zero-order valence-corrected chi connectivity index (χ0v) is 24.8. The molecule has 1 N–H and O–H groups in total. The molecule has 2 heterocycles. The lowest BCUT2D eigenvalue weighted by Gasteiger charge is -2.41. The van der Waals surface area contributed by atoms with E-state index in [0.29, 0.717) is 19.4 Å². The highest BCUT2D eigenvalue weighted by Gasteiger charge is 2.38. The maximum atomic E-state index is 12.9. The molecule has 1 fully saturated rings. The Balaban J connectivity index is 1.16. The van der Waals surface area contributed by atoms with E-state index in [-0.39, 0.29) is 18.1 Å². The van der Waals surface area contributed by atoms with Gasteiger partial charge in [-0.2, -0.15) is 0 Å². The highest BCUT2D eigenvalue weighted by molar-refractivity contribution is 7.99. The summed E-state index contributed by atoms with van der Waals surface area (Å²) < 4.78 is 14.2. The number of nitrogens with zero attached hydrogens (tertiary/aromatic N) is 3. The molecule has 1 aliphatic heterocycles. The molecule has 0 bridgehead atoms. The Bertz CT molecular complexity index is 1420. The predicted molar refractivity (Wildman–Crippen MR) is 162 cm³/mol. The molecule has 7 nitrogen and oxygen atoms in total. The van der Waals surface area contributed by atoms with Gasteiger partial charge < -0.3 is 14.8 Å². The third kappa shape index (κ3) is 7.64. The fourth-order valence-corrected chi connectivity index (χ4v) is 6.00. The van der Waals surface area contributed by atoms with Crippen molar-refractivity contribution in [1.82, 2.24) is 20.1 Å². The molecule has 5 rings (SSSR count). The summed E-state index contributed by atoms with van der Waals surface area (Å²) in [6, 6.07) is 28.5. The maximum absolute atomic E-state index is 12.9. The van der Waals surface area contributed by atoms with Crippen LogP contribution in [-0.2, 0) is 20.7 Å². The summed E-state index contributed by atoms with van der Waals surface area (Å²) >= 11 is 1.68. The molecule has 3 aromatic carbocycles. The van der Waals surface area contributed by atoms with Crippen LogP contribution in [0.4, 0.5) is 0 Å². The Kier molecular flexibility index (Phi) is 9.54. The third-order valence-corrected chi connectivity index (χ3v) is 8.17. The number of para-hydroxylation sites is 1. The summed E-state index contributed by atoms with van der Waals surface area (Å²) in [5.41, 5.74) is 4.51. The van der Waals surface area contributed by atoms with E-state index < -0.39 is 5.79 Å². The molecule has 1 amide bonds. The van der Waals surface area contributed by atoms with Crippen LogP contribution in [0.5, 0.6) is 0 Å². The molecule has 0 radical (unpaired) electrons. The number of rotatable bonds is 11. The average Bonchev–Trinajstić information content (AvgIpc) is 3.36. The molecular formula is C33H38N4O3S. The number of benzene rings is 3. The second-order valence-electron chi connectivity index (χ2n) is 10.8. The molecule has 4 aromatic rings. The van der Waals surface area contributed by atoms with E-state index in [0.717, 1.165) is 40.8 Å². The van der Waals surface area contributed by atoms with E-state index in [9.17, 15) is 4.79 Å². The van der Waals surface area contributed by atoms with Crippen LogP contribution in [-0.4, -0.2) is 44.9 Å². The molecule has 8 heteroatoms. The summed E-state index contributed by atoms with van der Waals surface area (Å²) in [5, 5.41) is 13.2. The van der Waals surface area contributed by atoms with Crippen molar-refractivity contribution < 1.29 is 14.3 Å². The number of hydrogen-bond donors (Lipinski definition) is 1. The van der Waals surface area contributed by atoms with Crippen LogP contribution in [0.25, 0.3) is 5.69 Å². The molecule has 41 heavy (non-hydrogen) atoms. The Morgan fingerprint density at radius 3 is 2.44 bits per heavy atom. The topological polar surface area (TPSA) is 78.3 Å². The van der Waals surface area contributed by atoms with Crippen LogP contribution in [0.2, 0.25) is 0 Å². The van der Waals surface area contributed by atoms with Crippen molar-refractivity contribution in [2.75, 3.05) is 12.4 Å². The van der Waals surface area contributed by atoms with Crippen molar-refractivity contribution in [2.24, 2.45) is 0 Å². The second kappa shape index (κ2) is 13.5. The molecule has 0 saturated carbocycles. The van der Waals surface area contributed by atoms with Gasteiger partial charge in [0.1, 0.15) is 11.9 Å². The standard InChI is InChI=1S/C33H38N4O3S/c1-24-14-10-11-19-28(24)37-29(22-25-15-6-4-7-16-25)35-36-32(37)41-21-13-12-20-30(38)34-27-23-39-33(2,3)40-31(27)26-17-8-5-9-18-26/h4-11,14-19,27,31H,12-13,20-23H2,1-3H3,(H,34,38). The van der Waals surface area contributed by atoms with Crippen LogP contribution < -0.4 is 5.32 Å². The van der Waals surface area contributed by atoms with E-state index in [2.05, 4.69) is 51.3 Å². The van der Waals surface area contributed by atoms with Crippen molar-refractivity contribution in [3.05, 3.63) is 107 Å². The number of nitrogens with one attached hydrogen (secondary N) is 1. The van der Waals surface area contributed by atoms with Crippen molar-refractivity contribution in [3.63, 3.8) is 0 Å². The Labute approximate surface area is 246 Å². The Hall–Kier alpha value is -3.46. The first-order chi connectivity index (χ1) is 19.9. The van der Waals surface area contributed by atoms with Crippen molar-refractivity contribution in [3.8, 4) is 5.69 Å². The van der Waals surface area contributed by atoms with Gasteiger partial charge in [0.05, 0.1) is 18.3 Å². The smallest absolute Gasteiger partial charge is 0.220 e. The number of hydrogen-bond acceptors (Lipinski definition) is 6. The number of thioether (sulfide) groups is 1. The van der Waals surface area contributed by atoms with Gasteiger partial charge in [-0.05, 0) is 56.4 Å². The van der Waals surface area contributed by atoms with Gasteiger partial charge in [0.15, 0.2) is 10.9 Å². The monoisotopic (exact) mass is 570 g/mol. The number of carbonyl (C=O) groups excluding carboxylic acids is 1. The Morgan fingerprint density at radius 2 is 1.68 bits per heavy atom. The minimum atomic E-state index is -0.696. The zero-order valence-electron chi connectivity index (χ0n) is 24.0. The number of carbonyl (C=O) groups is 1. The molecule has 2 atom stereocenters. The Morgan fingerprint density at radius 1 is 0.976 bits per heavy atom. The van der Waals surface area contributed by atoms with Gasteiger partial charge in [0, 0.05) is 18.6 Å². The molecular weight excluding hydrogens is 532 g/mol. The van der Waals surface area contributed by atoms with Crippen molar-refractivity contribution in [2.45, 2.75) is 69.5 Å². The molecule has 0 spiro atoms. The minimum Gasteiger partial charge on any atom is -0.348 e. The number of ether oxygens (including phenoxy) is 2. The highest BCUT2D eigenvalue weighted by atomic mass is 32.2. The molecule has 1 saturated heterocycles. The molecule has 2 unspecified atom stereocenters. The molecule has 1 aromatic heterocycles. The predicted octanol–water partition coefficient (Wildman–Crippen LogP) is 6.44. The summed E-state index contributed by atoms with van der Waals surface area (Å²) in [4.78, 5) is 12.9. The van der Waals surface area contributed by atoms with E-state index in [4.69, 9.17) is 9.47 Å². The fourth-order valence-electron chi connectivity index (χ4n) is 5.03. The minimum absolute atomic E-state index is 0.0149. The third-order valence-electron chi connectivity index (χ3n) is 7.15. The van der Waals surface area contributed by atoms with Gasteiger partial charge in [-0.15, -0.1) is 10.2 Å². The normalized spacial score (nSPS) is 18.2. The number of amides is 1. The first kappa shape index (κ1) is 29.0. The molecule has 0 aliphatic carbocycles. The largest absolute Gasteiger partial charge is 0.348 e. The van der Waals surface area contributed by atoms with Gasteiger partial charge in [-0.25, -0.2) is 0 Å². The van der Waals surface area contributed by atoms with E-state index in [1.807, 2.05) is 74.5 Å². The van der Waals surface area contributed by atoms with Crippen LogP contribution in [0, 0.1) is 6.92 Å². The first-order valence-corrected chi connectivity index (χ1v) is 15.2. The van der Waals surface area contributed by atoms with Crippen LogP contribution in [0.1, 0.15) is 61.7 Å². The summed E-state index contributed by atoms with van der Waals surface area (Å²) in [6.07, 6.45) is 2.57. The lowest BCUT2D eigenvalue weighted by molar-refractivity contribution is -0.284. The van der Waals surface area contributed by atoms with Crippen LogP contribution in [0.3, 0.4) is 0 Å². The SMILES string of the molecule is Cc1ccccc1-n1c(Cc2ccccc2)nnc1SCCCCC(=O)NC1COC(C)(C)OC1c1ccccc1. The fraction of sp³-hybridized carbons (Fsp3) is 0.364. The number of aryl methyl sites for hydroxylation is 1. The zero-order chi connectivity index (χ0) is 28.7. The quantitative estimate of drug-likeness (QED) is 0.165. The van der Waals surface area contributed by atoms with E-state index in [1.165, 1.54) is 11.1 Å². The van der Waals surface area contributed by atoms with Crippen LogP contribution in [0.15, 0.2) is 90.1 Å². The van der Waals surface area contributed by atoms with Gasteiger partial charge in [0.2, 0.25) is 5.91 Å². The number of unbranched alkanes of at least 4 members (excludes halogenated alkanes) is 1. The van der Waals surface area contributed by atoms with Crippen molar-refractivity contribution >= 4 is 17.7 Å². The van der Waals surface area contributed by atoms with Crippen LogP contribution >= 0.6 is 11.8 Å². The maximum Gasteiger partial charge on any atom is 0.220 e. The molecule has 1 aliphatic rings. The number of aromatic nitrogens is 3. The summed E-state index contributed by atoms with van der Waals surface area (Å²) in [5.74, 6) is 1.08. The van der Waals surface area contributed by atoms with Crippen molar-refractivity contribution in [1.29, 1.82) is 0 Å². The average molecular weight is 571 g/mol.